The molecule has 1 saturated heterocycles. The molecule has 1 amide bonds. The summed E-state index contributed by atoms with van der Waals surface area (Å²) in [4.78, 5) is 50.2. The van der Waals surface area contributed by atoms with Crippen molar-refractivity contribution in [1.82, 2.24) is 24.6 Å². The number of rotatable bonds is 3. The second-order valence-electron chi connectivity index (χ2n) is 10.2. The molecule has 6 rings (SSSR count). The summed E-state index contributed by atoms with van der Waals surface area (Å²) >= 11 is 1.54. The zero-order chi connectivity index (χ0) is 35.6. The van der Waals surface area contributed by atoms with E-state index in [4.69, 9.17) is 30.0 Å². The number of thiophene rings is 1. The summed E-state index contributed by atoms with van der Waals surface area (Å²) in [5, 5.41) is 22.5. The maximum absolute atomic E-state index is 11.9. The summed E-state index contributed by atoms with van der Waals surface area (Å²) in [5.74, 6) is -4.45. The fourth-order valence-corrected chi connectivity index (χ4v) is 5.58. The van der Waals surface area contributed by atoms with Gasteiger partial charge in [0.25, 0.3) is 0 Å². The van der Waals surface area contributed by atoms with Crippen LogP contribution in [0, 0.1) is 0 Å². The highest BCUT2D eigenvalue weighted by atomic mass is 32.1. The van der Waals surface area contributed by atoms with E-state index in [0.717, 1.165) is 58.1 Å². The van der Waals surface area contributed by atoms with Crippen LogP contribution < -0.4 is 11.3 Å². The number of furan rings is 1. The van der Waals surface area contributed by atoms with Crippen LogP contribution in [0.1, 0.15) is 25.8 Å². The zero-order valence-corrected chi connectivity index (χ0v) is 25.2. The topological polar surface area (TPSA) is 198 Å². The lowest BCUT2D eigenvalue weighted by Crippen LogP contribution is -2.37. The molecule has 0 atom stereocenters. The number of piperidine rings is 1. The Morgan fingerprint density at radius 2 is 1.60 bits per heavy atom. The minimum absolute atomic E-state index is 0.119. The monoisotopic (exact) mass is 702 g/mol. The molecule has 48 heavy (non-hydrogen) atoms. The highest BCUT2D eigenvalue weighted by molar-refractivity contribution is 7.17. The number of carboxylic acids is 2. The molecule has 1 aliphatic heterocycles. The van der Waals surface area contributed by atoms with Crippen LogP contribution in [-0.2, 0) is 14.4 Å². The maximum atomic E-state index is 11.9. The first-order valence-electron chi connectivity index (χ1n) is 13.6. The van der Waals surface area contributed by atoms with Gasteiger partial charge in [0.05, 0.1) is 16.9 Å². The van der Waals surface area contributed by atoms with Crippen LogP contribution in [0.4, 0.5) is 32.2 Å². The number of hydrogen-bond donors (Lipinski definition) is 4. The van der Waals surface area contributed by atoms with Crippen LogP contribution in [0.3, 0.4) is 0 Å². The van der Waals surface area contributed by atoms with Crippen LogP contribution in [0.5, 0.6) is 0 Å². The molecule has 1 fully saturated rings. The first kappa shape index (κ1) is 35.5. The fourth-order valence-electron chi connectivity index (χ4n) is 4.67. The Hall–Kier alpha value is -5.40. The van der Waals surface area contributed by atoms with Gasteiger partial charge >= 0.3 is 24.3 Å². The van der Waals surface area contributed by atoms with Gasteiger partial charge in [0.2, 0.25) is 11.5 Å². The molecule has 0 spiro atoms. The van der Waals surface area contributed by atoms with Gasteiger partial charge in [-0.3, -0.25) is 14.3 Å². The van der Waals surface area contributed by atoms with Crippen molar-refractivity contribution in [3.63, 3.8) is 0 Å². The SMILES string of the molecule is CC(=O)N1CCC(n2cc(-c3cnc(N)c4oc(-c5csc6c[nH]c(=O)cc56)cc34)cn2)CC1.O=C(O)C(F)(F)F.O=C(O)C(F)(F)F. The lowest BCUT2D eigenvalue weighted by atomic mass is 10.0. The number of nitrogens with zero attached hydrogens (tertiary/aromatic N) is 4. The van der Waals surface area contributed by atoms with Gasteiger partial charge in [0, 0.05) is 77.5 Å². The molecule has 0 bridgehead atoms. The predicted octanol–water partition coefficient (Wildman–Crippen LogP) is 5.29. The van der Waals surface area contributed by atoms with Gasteiger partial charge in [-0.2, -0.15) is 31.4 Å². The standard InChI is InChI=1S/C24H22N6O3S.2C2HF3O2/c1-13(31)29-4-2-15(3-5-29)30-11-14(8-28-30)18-9-27-24(25)23-17(18)6-20(33-23)19-12-34-21-10-26-22(32)7-16(19)21;2*3-2(4,5)1(6)7/h6-12,15H,2-5H2,1H3,(H2,25,27)(H,26,32);2*(H,6,7). The second-order valence-corrected chi connectivity index (χ2v) is 11.1. The van der Waals surface area contributed by atoms with Crippen molar-refractivity contribution in [2.24, 2.45) is 0 Å². The van der Waals surface area contributed by atoms with E-state index in [1.54, 1.807) is 25.4 Å². The van der Waals surface area contributed by atoms with E-state index in [9.17, 15) is 35.9 Å². The molecule has 256 valence electrons. The van der Waals surface area contributed by atoms with Gasteiger partial charge < -0.3 is 30.2 Å². The van der Waals surface area contributed by atoms with Crippen molar-refractivity contribution in [3.05, 3.63) is 52.7 Å². The average Bonchev–Trinajstić information content (AvgIpc) is 3.76. The summed E-state index contributed by atoms with van der Waals surface area (Å²) < 4.78 is 72.6. The number of H-pyrrole nitrogens is 1. The van der Waals surface area contributed by atoms with E-state index in [1.165, 1.54) is 11.3 Å². The zero-order valence-electron chi connectivity index (χ0n) is 24.4. The number of carboxylic acid groups (broad SMARTS) is 2. The number of nitrogens with two attached hydrogens (primary N) is 1. The first-order valence-corrected chi connectivity index (χ1v) is 14.4. The molecule has 0 unspecified atom stereocenters. The third-order valence-electron chi connectivity index (χ3n) is 7.01. The number of alkyl halides is 6. The van der Waals surface area contributed by atoms with Crippen LogP contribution in [-0.4, -0.2) is 78.1 Å². The number of amides is 1. The van der Waals surface area contributed by atoms with Crippen molar-refractivity contribution in [1.29, 1.82) is 0 Å². The summed E-state index contributed by atoms with van der Waals surface area (Å²) in [7, 11) is 0. The Balaban J connectivity index is 0.000000314. The molecule has 20 heteroatoms. The van der Waals surface area contributed by atoms with Crippen LogP contribution in [0.15, 0.2) is 51.5 Å². The van der Waals surface area contributed by atoms with Gasteiger partial charge in [-0.1, -0.05) is 0 Å². The lowest BCUT2D eigenvalue weighted by molar-refractivity contribution is -0.193. The Labute approximate surface area is 268 Å². The van der Waals surface area contributed by atoms with Gasteiger partial charge in [-0.05, 0) is 18.9 Å². The minimum Gasteiger partial charge on any atom is -0.475 e. The molecule has 6 heterocycles. The maximum Gasteiger partial charge on any atom is 0.490 e. The number of aromatic amines is 1. The molecule has 1 aliphatic rings. The van der Waals surface area contributed by atoms with E-state index >= 15 is 0 Å². The number of aromatic nitrogens is 4. The highest BCUT2D eigenvalue weighted by Crippen LogP contribution is 2.40. The minimum atomic E-state index is -5.08. The Morgan fingerprint density at radius 3 is 2.17 bits per heavy atom. The van der Waals surface area contributed by atoms with Crippen LogP contribution in [0.25, 0.3) is 43.5 Å². The normalized spacial score (nSPS) is 13.9. The molecule has 5 N–H and O–H groups in total. The summed E-state index contributed by atoms with van der Waals surface area (Å²) in [6.45, 7) is 3.10. The summed E-state index contributed by atoms with van der Waals surface area (Å²) in [6, 6.07) is 3.78. The molecular weight excluding hydrogens is 678 g/mol. The third-order valence-corrected chi connectivity index (χ3v) is 7.96. The van der Waals surface area contributed by atoms with Crippen molar-refractivity contribution in [2.75, 3.05) is 18.8 Å². The number of hydrogen-bond acceptors (Lipinski definition) is 9. The van der Waals surface area contributed by atoms with E-state index < -0.39 is 24.3 Å². The van der Waals surface area contributed by atoms with Crippen molar-refractivity contribution in [3.8, 4) is 22.5 Å². The number of carbonyl (C=O) groups excluding carboxylic acids is 1. The molecular formula is C28H24F6N6O7S. The molecule has 5 aromatic heterocycles. The van der Waals surface area contributed by atoms with Gasteiger partial charge in [0.1, 0.15) is 5.76 Å². The Kier molecular flexibility index (Phi) is 10.2. The lowest BCUT2D eigenvalue weighted by Gasteiger charge is -2.31. The largest absolute Gasteiger partial charge is 0.490 e. The first-order chi connectivity index (χ1) is 22.4. The number of likely N-dealkylation sites (tertiary alicyclic amines) is 1. The number of carbonyl (C=O) groups is 3. The van der Waals surface area contributed by atoms with E-state index in [0.29, 0.717) is 17.2 Å². The number of pyridine rings is 2. The van der Waals surface area contributed by atoms with Gasteiger partial charge in [-0.25, -0.2) is 14.6 Å². The number of aliphatic carboxylic acids is 2. The Bertz CT molecular complexity index is 2000. The molecule has 0 aliphatic carbocycles. The van der Waals surface area contributed by atoms with Crippen molar-refractivity contribution in [2.45, 2.75) is 38.2 Å². The van der Waals surface area contributed by atoms with Crippen LogP contribution in [0.2, 0.25) is 0 Å². The summed E-state index contributed by atoms with van der Waals surface area (Å²) in [6.07, 6.45) is -1.12. The van der Waals surface area contributed by atoms with Gasteiger partial charge in [-0.15, -0.1) is 11.3 Å². The molecule has 0 aromatic carbocycles. The molecule has 0 saturated carbocycles. The quantitative estimate of drug-likeness (QED) is 0.179. The van der Waals surface area contributed by atoms with Crippen molar-refractivity contribution < 1.29 is 55.4 Å². The molecule has 0 radical (unpaired) electrons. The molecule has 13 nitrogen and oxygen atoms in total. The third kappa shape index (κ3) is 8.11. The van der Waals surface area contributed by atoms with Crippen molar-refractivity contribution >= 4 is 56.1 Å². The number of anilines is 1. The summed E-state index contributed by atoms with van der Waals surface area (Å²) in [5.41, 5.74) is 9.16. The Morgan fingerprint density at radius 1 is 1.00 bits per heavy atom. The van der Waals surface area contributed by atoms with E-state index in [1.807, 2.05) is 33.4 Å². The number of nitrogen functional groups attached to an aromatic ring is 1. The predicted molar refractivity (Wildman–Crippen MR) is 159 cm³/mol. The second kappa shape index (κ2) is 13.8. The fraction of sp³-hybridized carbons (Fsp3) is 0.286. The number of fused-ring (bicyclic) bond motifs is 2. The van der Waals surface area contributed by atoms with E-state index in [-0.39, 0.29) is 17.5 Å². The number of nitrogens with one attached hydrogen (secondary N) is 1. The van der Waals surface area contributed by atoms with Crippen LogP contribution >= 0.6 is 11.3 Å². The highest BCUT2D eigenvalue weighted by Gasteiger charge is 2.39. The smallest absolute Gasteiger partial charge is 0.475 e. The van der Waals surface area contributed by atoms with Gasteiger partial charge in [0.15, 0.2) is 11.4 Å². The average molecular weight is 703 g/mol. The molecule has 5 aromatic rings. The number of halogens is 6. The van der Waals surface area contributed by atoms with E-state index in [2.05, 4.69) is 15.1 Å².